The topological polar surface area (TPSA) is 52.7 Å². The molecule has 0 radical (unpaired) electrons. The average molecular weight is 402 g/mol. The first-order valence-electron chi connectivity index (χ1n) is 10.4. The number of nitrogens with one attached hydrogen (secondary N) is 1. The van der Waals surface area contributed by atoms with Crippen molar-refractivity contribution < 1.29 is 9.47 Å². The fraction of sp³-hybridized carbons (Fsp3) is 0.292. The molecule has 1 aliphatic rings. The fourth-order valence-corrected chi connectivity index (χ4v) is 4.30. The molecule has 0 fully saturated rings. The van der Waals surface area contributed by atoms with Crippen LogP contribution in [0.3, 0.4) is 0 Å². The Morgan fingerprint density at radius 1 is 1.00 bits per heavy atom. The van der Waals surface area contributed by atoms with Gasteiger partial charge < -0.3 is 19.4 Å². The highest BCUT2D eigenvalue weighted by atomic mass is 16.5. The van der Waals surface area contributed by atoms with E-state index in [2.05, 4.69) is 32.7 Å². The van der Waals surface area contributed by atoms with E-state index in [9.17, 15) is 0 Å². The van der Waals surface area contributed by atoms with E-state index in [1.54, 1.807) is 14.2 Å². The van der Waals surface area contributed by atoms with Crippen LogP contribution in [0.1, 0.15) is 24.2 Å². The van der Waals surface area contributed by atoms with Gasteiger partial charge in [-0.3, -0.25) is 0 Å². The van der Waals surface area contributed by atoms with Gasteiger partial charge in [0.1, 0.15) is 17.1 Å². The third kappa shape index (κ3) is 3.28. The van der Waals surface area contributed by atoms with Gasteiger partial charge >= 0.3 is 0 Å². The largest absolute Gasteiger partial charge is 0.497 e. The van der Waals surface area contributed by atoms with Gasteiger partial charge in [-0.25, -0.2) is 4.52 Å². The van der Waals surface area contributed by atoms with E-state index >= 15 is 0 Å². The third-order valence-electron chi connectivity index (χ3n) is 5.83. The van der Waals surface area contributed by atoms with Crippen LogP contribution in [0.25, 0.3) is 16.8 Å². The summed E-state index contributed by atoms with van der Waals surface area (Å²) < 4.78 is 15.1. The molecule has 0 atom stereocenters. The van der Waals surface area contributed by atoms with Gasteiger partial charge in [-0.1, -0.05) is 18.2 Å². The zero-order valence-electron chi connectivity index (χ0n) is 17.4. The molecular weight excluding hydrogens is 376 g/mol. The molecule has 0 amide bonds. The molecule has 0 saturated carbocycles. The van der Waals surface area contributed by atoms with Crippen molar-refractivity contribution in [2.45, 2.75) is 32.4 Å². The van der Waals surface area contributed by atoms with Crippen molar-refractivity contribution in [1.29, 1.82) is 0 Å². The Balaban J connectivity index is 1.49. The smallest absolute Gasteiger partial charge is 0.150 e. The van der Waals surface area contributed by atoms with Crippen LogP contribution in [-0.2, 0) is 19.5 Å². The van der Waals surface area contributed by atoms with Gasteiger partial charge in [0.05, 0.1) is 20.8 Å². The van der Waals surface area contributed by atoms with Crippen LogP contribution in [0.4, 0.5) is 5.69 Å². The fourth-order valence-electron chi connectivity index (χ4n) is 4.30. The van der Waals surface area contributed by atoms with E-state index in [0.29, 0.717) is 6.54 Å². The summed E-state index contributed by atoms with van der Waals surface area (Å²) in [7, 11) is 3.39. The first-order valence-corrected chi connectivity index (χ1v) is 10.4. The van der Waals surface area contributed by atoms with Crippen LogP contribution in [0.15, 0.2) is 54.7 Å². The Kier molecular flexibility index (Phi) is 4.83. The van der Waals surface area contributed by atoms with Gasteiger partial charge in [0, 0.05) is 35.6 Å². The second-order valence-corrected chi connectivity index (χ2v) is 7.63. The zero-order chi connectivity index (χ0) is 20.5. The molecule has 0 saturated heterocycles. The molecule has 30 heavy (non-hydrogen) atoms. The van der Waals surface area contributed by atoms with Gasteiger partial charge in [-0.15, -0.1) is 0 Å². The quantitative estimate of drug-likeness (QED) is 0.505. The number of anilines is 1. The number of methoxy groups -OCH3 is 2. The molecule has 0 bridgehead atoms. The van der Waals surface area contributed by atoms with Crippen molar-refractivity contribution in [3.05, 3.63) is 66.1 Å². The lowest BCUT2D eigenvalue weighted by atomic mass is 10.0. The normalized spacial score (nSPS) is 13.3. The van der Waals surface area contributed by atoms with Gasteiger partial charge in [0.25, 0.3) is 0 Å². The summed E-state index contributed by atoms with van der Waals surface area (Å²) in [6.07, 6.45) is 5.60. The molecule has 0 aliphatic carbocycles. The molecule has 0 spiro atoms. The second-order valence-electron chi connectivity index (χ2n) is 7.63. The first-order chi connectivity index (χ1) is 14.8. The highest BCUT2D eigenvalue weighted by Gasteiger charge is 2.22. The highest BCUT2D eigenvalue weighted by Crippen LogP contribution is 2.33. The maximum absolute atomic E-state index is 5.33. The van der Waals surface area contributed by atoms with Crippen LogP contribution in [0.2, 0.25) is 0 Å². The van der Waals surface area contributed by atoms with Crippen molar-refractivity contribution in [3.63, 3.8) is 0 Å². The molecule has 5 rings (SSSR count). The van der Waals surface area contributed by atoms with Gasteiger partial charge in [-0.05, 0) is 49.1 Å². The van der Waals surface area contributed by atoms with Crippen LogP contribution in [0, 0.1) is 0 Å². The number of ether oxygens (including phenoxy) is 2. The minimum absolute atomic E-state index is 0.673. The van der Waals surface area contributed by atoms with Crippen molar-refractivity contribution >= 4 is 11.3 Å². The van der Waals surface area contributed by atoms with Crippen molar-refractivity contribution in [2.24, 2.45) is 0 Å². The SMILES string of the molecule is COc1ccc(-c2cn3nc(CNc4cccc(OC)c4)n4c3c2CCCC4)cc1. The van der Waals surface area contributed by atoms with Crippen LogP contribution >= 0.6 is 0 Å². The Bertz CT molecular complexity index is 1170. The standard InChI is InChI=1S/C24H26N4O2/c1-29-19-11-9-17(10-12-19)22-16-28-24-21(22)8-3-4-13-27(24)23(26-28)15-25-18-6-5-7-20(14-18)30-2/h5-7,9-12,14,16,25H,3-4,8,13,15H2,1-2H3. The van der Waals surface area contributed by atoms with Crippen molar-refractivity contribution in [3.8, 4) is 22.6 Å². The van der Waals surface area contributed by atoms with Crippen LogP contribution in [0.5, 0.6) is 11.5 Å². The summed E-state index contributed by atoms with van der Waals surface area (Å²) in [6.45, 7) is 1.67. The van der Waals surface area contributed by atoms with E-state index in [1.165, 1.54) is 28.8 Å². The first kappa shape index (κ1) is 18.6. The summed E-state index contributed by atoms with van der Waals surface area (Å²) >= 11 is 0. The van der Waals surface area contributed by atoms with Gasteiger partial charge in [0.15, 0.2) is 5.82 Å². The highest BCUT2D eigenvalue weighted by molar-refractivity contribution is 5.75. The van der Waals surface area contributed by atoms with E-state index in [0.717, 1.165) is 42.4 Å². The molecule has 4 aromatic rings. The predicted molar refractivity (Wildman–Crippen MR) is 118 cm³/mol. The lowest BCUT2D eigenvalue weighted by Gasteiger charge is -2.10. The number of hydrogen-bond donors (Lipinski definition) is 1. The molecular formula is C24H26N4O2. The minimum atomic E-state index is 0.673. The Morgan fingerprint density at radius 3 is 2.63 bits per heavy atom. The van der Waals surface area contributed by atoms with Crippen LogP contribution in [-0.4, -0.2) is 28.4 Å². The molecule has 2 aromatic carbocycles. The van der Waals surface area contributed by atoms with E-state index in [-0.39, 0.29) is 0 Å². The minimum Gasteiger partial charge on any atom is -0.497 e. The van der Waals surface area contributed by atoms with E-state index in [4.69, 9.17) is 14.6 Å². The number of hydrogen-bond acceptors (Lipinski definition) is 4. The van der Waals surface area contributed by atoms with E-state index < -0.39 is 0 Å². The maximum Gasteiger partial charge on any atom is 0.150 e. The lowest BCUT2D eigenvalue weighted by molar-refractivity contribution is 0.415. The van der Waals surface area contributed by atoms with E-state index in [1.807, 2.05) is 36.4 Å². The monoisotopic (exact) mass is 402 g/mol. The summed E-state index contributed by atoms with van der Waals surface area (Å²) in [5.41, 5.74) is 6.12. The number of benzene rings is 2. The molecule has 2 aromatic heterocycles. The molecule has 1 N–H and O–H groups in total. The van der Waals surface area contributed by atoms with Gasteiger partial charge in [-0.2, -0.15) is 5.10 Å². The molecule has 1 aliphatic heterocycles. The molecule has 6 nitrogen and oxygen atoms in total. The number of nitrogens with zero attached hydrogens (tertiary/aromatic N) is 3. The number of aryl methyl sites for hydroxylation is 2. The van der Waals surface area contributed by atoms with Crippen LogP contribution < -0.4 is 14.8 Å². The summed E-state index contributed by atoms with van der Waals surface area (Å²) in [5, 5.41) is 8.42. The zero-order valence-corrected chi connectivity index (χ0v) is 17.4. The second kappa shape index (κ2) is 7.78. The third-order valence-corrected chi connectivity index (χ3v) is 5.83. The average Bonchev–Trinajstić information content (AvgIpc) is 3.21. The number of aromatic nitrogens is 3. The van der Waals surface area contributed by atoms with Crippen molar-refractivity contribution in [2.75, 3.05) is 19.5 Å². The molecule has 0 unspecified atom stereocenters. The molecule has 3 heterocycles. The van der Waals surface area contributed by atoms with Gasteiger partial charge in [0.2, 0.25) is 0 Å². The van der Waals surface area contributed by atoms with Crippen molar-refractivity contribution in [1.82, 2.24) is 14.2 Å². The predicted octanol–water partition coefficient (Wildman–Crippen LogP) is 4.77. The Morgan fingerprint density at radius 2 is 1.83 bits per heavy atom. The lowest BCUT2D eigenvalue weighted by Crippen LogP contribution is -2.09. The number of rotatable bonds is 6. The molecule has 6 heteroatoms. The Hall–Kier alpha value is -3.41. The summed E-state index contributed by atoms with van der Waals surface area (Å²) in [6, 6.07) is 16.3. The summed E-state index contributed by atoms with van der Waals surface area (Å²) in [4.78, 5) is 0. The Labute approximate surface area is 176 Å². The maximum atomic E-state index is 5.33. The summed E-state index contributed by atoms with van der Waals surface area (Å²) in [5.74, 6) is 2.78. The molecule has 154 valence electrons.